The molecule has 0 saturated carbocycles. The summed E-state index contributed by atoms with van der Waals surface area (Å²) < 4.78 is 11.0. The summed E-state index contributed by atoms with van der Waals surface area (Å²) in [6.45, 7) is 3.60. The zero-order chi connectivity index (χ0) is 12.3. The van der Waals surface area contributed by atoms with Crippen molar-refractivity contribution in [2.24, 2.45) is 0 Å². The number of methoxy groups -OCH3 is 1. The zero-order valence-corrected chi connectivity index (χ0v) is 11.0. The van der Waals surface area contributed by atoms with Crippen LogP contribution >= 0.6 is 11.6 Å². The van der Waals surface area contributed by atoms with Gasteiger partial charge in [-0.3, -0.25) is 0 Å². The van der Waals surface area contributed by atoms with E-state index in [0.29, 0.717) is 6.61 Å². The Labute approximate surface area is 107 Å². The van der Waals surface area contributed by atoms with Crippen molar-refractivity contribution in [2.75, 3.05) is 20.3 Å². The highest BCUT2D eigenvalue weighted by atomic mass is 35.5. The second-order valence-corrected chi connectivity index (χ2v) is 4.48. The van der Waals surface area contributed by atoms with Gasteiger partial charge in [0.25, 0.3) is 0 Å². The standard InChI is InChI=1S/C13H18ClNO2/c1-3-17-13-11(16-2)7-6-9(14)12(13)10-5-4-8-15-10/h6-7,10,15H,3-5,8H2,1-2H3. The van der Waals surface area contributed by atoms with Gasteiger partial charge < -0.3 is 14.8 Å². The van der Waals surface area contributed by atoms with Crippen LogP contribution in [-0.4, -0.2) is 20.3 Å². The summed E-state index contributed by atoms with van der Waals surface area (Å²) in [4.78, 5) is 0. The number of hydrogen-bond acceptors (Lipinski definition) is 3. The summed E-state index contributed by atoms with van der Waals surface area (Å²) in [5.41, 5.74) is 1.03. The molecule has 1 aliphatic heterocycles. The van der Waals surface area contributed by atoms with Gasteiger partial charge in [-0.05, 0) is 38.4 Å². The van der Waals surface area contributed by atoms with Gasteiger partial charge >= 0.3 is 0 Å². The largest absolute Gasteiger partial charge is 0.493 e. The molecular weight excluding hydrogens is 238 g/mol. The fourth-order valence-corrected chi connectivity index (χ4v) is 2.55. The Balaban J connectivity index is 2.44. The molecule has 2 rings (SSSR count). The maximum atomic E-state index is 6.30. The molecule has 0 radical (unpaired) electrons. The first-order valence-electron chi connectivity index (χ1n) is 6.00. The van der Waals surface area contributed by atoms with Crippen LogP contribution < -0.4 is 14.8 Å². The molecule has 17 heavy (non-hydrogen) atoms. The molecule has 1 aliphatic rings. The lowest BCUT2D eigenvalue weighted by molar-refractivity contribution is 0.304. The molecule has 1 heterocycles. The SMILES string of the molecule is CCOc1c(OC)ccc(Cl)c1C1CCCN1. The summed E-state index contributed by atoms with van der Waals surface area (Å²) in [7, 11) is 1.65. The Morgan fingerprint density at radius 3 is 2.88 bits per heavy atom. The Bertz CT molecular complexity index is 389. The average Bonchev–Trinajstić information content (AvgIpc) is 2.83. The van der Waals surface area contributed by atoms with Gasteiger partial charge in [-0.1, -0.05) is 11.6 Å². The Morgan fingerprint density at radius 2 is 2.29 bits per heavy atom. The van der Waals surface area contributed by atoms with Crippen LogP contribution in [-0.2, 0) is 0 Å². The third-order valence-electron chi connectivity index (χ3n) is 3.02. The lowest BCUT2D eigenvalue weighted by atomic mass is 10.0. The summed E-state index contributed by atoms with van der Waals surface area (Å²) in [6, 6.07) is 4.00. The monoisotopic (exact) mass is 255 g/mol. The van der Waals surface area contributed by atoms with Crippen molar-refractivity contribution in [1.29, 1.82) is 0 Å². The molecule has 1 atom stereocenters. The molecule has 1 fully saturated rings. The minimum absolute atomic E-state index is 0.277. The van der Waals surface area contributed by atoms with Crippen molar-refractivity contribution >= 4 is 11.6 Å². The highest BCUT2D eigenvalue weighted by Gasteiger charge is 2.25. The van der Waals surface area contributed by atoms with Crippen LogP contribution in [0.15, 0.2) is 12.1 Å². The number of rotatable bonds is 4. The number of ether oxygens (including phenoxy) is 2. The van der Waals surface area contributed by atoms with E-state index in [2.05, 4.69) is 5.32 Å². The van der Waals surface area contributed by atoms with E-state index in [1.54, 1.807) is 7.11 Å². The van der Waals surface area contributed by atoms with Gasteiger partial charge in [-0.15, -0.1) is 0 Å². The first-order chi connectivity index (χ1) is 8.27. The summed E-state index contributed by atoms with van der Waals surface area (Å²) in [5, 5.41) is 4.19. The first kappa shape index (κ1) is 12.5. The minimum Gasteiger partial charge on any atom is -0.493 e. The zero-order valence-electron chi connectivity index (χ0n) is 10.3. The second kappa shape index (κ2) is 5.61. The van der Waals surface area contributed by atoms with Gasteiger partial charge in [0.2, 0.25) is 0 Å². The molecule has 0 spiro atoms. The van der Waals surface area contributed by atoms with Crippen molar-refractivity contribution in [3.8, 4) is 11.5 Å². The van der Waals surface area contributed by atoms with Gasteiger partial charge in [0, 0.05) is 16.6 Å². The van der Waals surface area contributed by atoms with Gasteiger partial charge in [0.1, 0.15) is 0 Å². The van der Waals surface area contributed by atoms with Crippen LogP contribution in [0.5, 0.6) is 11.5 Å². The van der Waals surface area contributed by atoms with Crippen molar-refractivity contribution < 1.29 is 9.47 Å². The predicted molar refractivity (Wildman–Crippen MR) is 69.2 cm³/mol. The molecule has 0 amide bonds. The Hall–Kier alpha value is -0.930. The van der Waals surface area contributed by atoms with Gasteiger partial charge in [0.15, 0.2) is 11.5 Å². The van der Waals surface area contributed by atoms with E-state index in [1.807, 2.05) is 19.1 Å². The summed E-state index contributed by atoms with van der Waals surface area (Å²) in [6.07, 6.45) is 2.26. The van der Waals surface area contributed by atoms with Crippen LogP contribution in [0.2, 0.25) is 5.02 Å². The van der Waals surface area contributed by atoms with E-state index in [1.165, 1.54) is 6.42 Å². The van der Waals surface area contributed by atoms with Crippen molar-refractivity contribution in [3.63, 3.8) is 0 Å². The van der Waals surface area contributed by atoms with Gasteiger partial charge in [0.05, 0.1) is 13.7 Å². The van der Waals surface area contributed by atoms with Crippen LogP contribution in [0.25, 0.3) is 0 Å². The Kier molecular flexibility index (Phi) is 4.13. The number of hydrogen-bond donors (Lipinski definition) is 1. The third kappa shape index (κ3) is 2.50. The molecular formula is C13H18ClNO2. The molecule has 1 aromatic rings. The van der Waals surface area contributed by atoms with Gasteiger partial charge in [-0.2, -0.15) is 0 Å². The second-order valence-electron chi connectivity index (χ2n) is 4.07. The van der Waals surface area contributed by atoms with E-state index in [4.69, 9.17) is 21.1 Å². The molecule has 0 bridgehead atoms. The number of benzene rings is 1. The van der Waals surface area contributed by atoms with E-state index >= 15 is 0 Å². The predicted octanol–water partition coefficient (Wildman–Crippen LogP) is 3.17. The van der Waals surface area contributed by atoms with Crippen molar-refractivity contribution in [2.45, 2.75) is 25.8 Å². The van der Waals surface area contributed by atoms with Crippen molar-refractivity contribution in [1.82, 2.24) is 5.32 Å². The summed E-state index contributed by atoms with van der Waals surface area (Å²) in [5.74, 6) is 1.53. The molecule has 1 N–H and O–H groups in total. The molecule has 0 aliphatic carbocycles. The quantitative estimate of drug-likeness (QED) is 0.897. The lowest BCUT2D eigenvalue weighted by Gasteiger charge is -2.19. The molecule has 4 heteroatoms. The molecule has 1 aromatic carbocycles. The van der Waals surface area contributed by atoms with Crippen LogP contribution in [0, 0.1) is 0 Å². The number of halogens is 1. The highest BCUT2D eigenvalue weighted by molar-refractivity contribution is 6.31. The lowest BCUT2D eigenvalue weighted by Crippen LogP contribution is -2.15. The fraction of sp³-hybridized carbons (Fsp3) is 0.538. The molecule has 0 aromatic heterocycles. The van der Waals surface area contributed by atoms with Crippen LogP contribution in [0.1, 0.15) is 31.4 Å². The molecule has 3 nitrogen and oxygen atoms in total. The normalized spacial score (nSPS) is 19.4. The van der Waals surface area contributed by atoms with Crippen LogP contribution in [0.3, 0.4) is 0 Å². The maximum absolute atomic E-state index is 6.30. The van der Waals surface area contributed by atoms with E-state index in [9.17, 15) is 0 Å². The van der Waals surface area contributed by atoms with E-state index in [-0.39, 0.29) is 6.04 Å². The highest BCUT2D eigenvalue weighted by Crippen LogP contribution is 2.42. The Morgan fingerprint density at radius 1 is 1.47 bits per heavy atom. The minimum atomic E-state index is 0.277. The fourth-order valence-electron chi connectivity index (χ4n) is 2.27. The van der Waals surface area contributed by atoms with E-state index in [0.717, 1.165) is 35.1 Å². The van der Waals surface area contributed by atoms with E-state index < -0.39 is 0 Å². The van der Waals surface area contributed by atoms with Crippen LogP contribution in [0.4, 0.5) is 0 Å². The summed E-state index contributed by atoms with van der Waals surface area (Å²) >= 11 is 6.30. The van der Waals surface area contributed by atoms with Crippen molar-refractivity contribution in [3.05, 3.63) is 22.7 Å². The molecule has 94 valence electrons. The third-order valence-corrected chi connectivity index (χ3v) is 3.35. The van der Waals surface area contributed by atoms with Gasteiger partial charge in [-0.25, -0.2) is 0 Å². The number of nitrogens with one attached hydrogen (secondary N) is 1. The molecule has 1 unspecified atom stereocenters. The molecule has 1 saturated heterocycles. The maximum Gasteiger partial charge on any atom is 0.167 e. The first-order valence-corrected chi connectivity index (χ1v) is 6.38. The topological polar surface area (TPSA) is 30.5 Å². The average molecular weight is 256 g/mol. The smallest absolute Gasteiger partial charge is 0.167 e.